The van der Waals surface area contributed by atoms with Crippen molar-refractivity contribution >= 4 is 0 Å². The van der Waals surface area contributed by atoms with E-state index in [9.17, 15) is 0 Å². The summed E-state index contributed by atoms with van der Waals surface area (Å²) in [4.78, 5) is 0. The van der Waals surface area contributed by atoms with Gasteiger partial charge in [0.1, 0.15) is 18.1 Å². The molecule has 0 bridgehead atoms. The van der Waals surface area contributed by atoms with E-state index >= 15 is 0 Å². The minimum atomic E-state index is 0.543. The summed E-state index contributed by atoms with van der Waals surface area (Å²) in [6.45, 7) is 7.29. The van der Waals surface area contributed by atoms with Crippen LogP contribution in [0.15, 0.2) is 18.2 Å². The predicted molar refractivity (Wildman–Crippen MR) is 76.9 cm³/mol. The maximum atomic E-state index is 5.73. The van der Waals surface area contributed by atoms with E-state index in [4.69, 9.17) is 14.2 Å². The Kier molecular flexibility index (Phi) is 7.30. The molecule has 0 radical (unpaired) electrons. The Bertz CT molecular complexity index is 366. The van der Waals surface area contributed by atoms with E-state index in [0.29, 0.717) is 19.1 Å². The van der Waals surface area contributed by atoms with E-state index in [2.05, 4.69) is 19.2 Å². The average Bonchev–Trinajstić information content (AvgIpc) is 2.40. The fourth-order valence-corrected chi connectivity index (χ4v) is 1.67. The monoisotopic (exact) mass is 267 g/mol. The zero-order valence-electron chi connectivity index (χ0n) is 12.4. The number of hydrogen-bond donors (Lipinski definition) is 1. The van der Waals surface area contributed by atoms with Crippen LogP contribution in [0.3, 0.4) is 0 Å². The van der Waals surface area contributed by atoms with Crippen molar-refractivity contribution in [1.29, 1.82) is 0 Å². The minimum Gasteiger partial charge on any atom is -0.497 e. The maximum Gasteiger partial charge on any atom is 0.127 e. The lowest BCUT2D eigenvalue weighted by Gasteiger charge is -2.14. The molecule has 0 saturated carbocycles. The first kappa shape index (κ1) is 15.8. The van der Waals surface area contributed by atoms with Crippen molar-refractivity contribution in [2.45, 2.75) is 20.4 Å². The third kappa shape index (κ3) is 5.94. The Labute approximate surface area is 116 Å². The quantitative estimate of drug-likeness (QED) is 0.698. The first-order valence-corrected chi connectivity index (χ1v) is 6.66. The Morgan fingerprint density at radius 1 is 1.16 bits per heavy atom. The predicted octanol–water partition coefficient (Wildman–Crippen LogP) is 2.47. The van der Waals surface area contributed by atoms with E-state index in [1.807, 2.05) is 18.2 Å². The van der Waals surface area contributed by atoms with Gasteiger partial charge >= 0.3 is 0 Å². The zero-order chi connectivity index (χ0) is 14.1. The van der Waals surface area contributed by atoms with Crippen molar-refractivity contribution in [3.63, 3.8) is 0 Å². The van der Waals surface area contributed by atoms with Crippen LogP contribution in [0, 0.1) is 5.92 Å². The largest absolute Gasteiger partial charge is 0.497 e. The van der Waals surface area contributed by atoms with Gasteiger partial charge in [-0.25, -0.2) is 0 Å². The van der Waals surface area contributed by atoms with Crippen LogP contribution < -0.4 is 14.8 Å². The molecule has 0 aliphatic rings. The van der Waals surface area contributed by atoms with Crippen molar-refractivity contribution in [2.24, 2.45) is 5.92 Å². The molecule has 4 heteroatoms. The average molecular weight is 267 g/mol. The Hall–Kier alpha value is -1.26. The molecule has 0 fully saturated rings. The molecule has 1 aromatic carbocycles. The fourth-order valence-electron chi connectivity index (χ4n) is 1.67. The first-order valence-electron chi connectivity index (χ1n) is 6.66. The third-order valence-electron chi connectivity index (χ3n) is 2.69. The molecule has 0 spiro atoms. The van der Waals surface area contributed by atoms with Crippen molar-refractivity contribution in [2.75, 3.05) is 34.0 Å². The van der Waals surface area contributed by atoms with Gasteiger partial charge in [-0.3, -0.25) is 0 Å². The summed E-state index contributed by atoms with van der Waals surface area (Å²) in [6.07, 6.45) is 0. The molecule has 0 amide bonds. The Morgan fingerprint density at radius 3 is 2.58 bits per heavy atom. The molecule has 1 N–H and O–H groups in total. The second kappa shape index (κ2) is 8.77. The van der Waals surface area contributed by atoms with Crippen LogP contribution >= 0.6 is 0 Å². The maximum absolute atomic E-state index is 5.73. The molecule has 0 unspecified atom stereocenters. The van der Waals surface area contributed by atoms with Crippen LogP contribution in [-0.2, 0) is 11.3 Å². The van der Waals surface area contributed by atoms with Gasteiger partial charge < -0.3 is 19.5 Å². The van der Waals surface area contributed by atoms with E-state index in [1.54, 1.807) is 14.2 Å². The van der Waals surface area contributed by atoms with Crippen LogP contribution in [0.1, 0.15) is 19.4 Å². The molecular weight excluding hydrogens is 242 g/mol. The summed E-state index contributed by atoms with van der Waals surface area (Å²) in [7, 11) is 3.32. The molecule has 0 aliphatic heterocycles. The molecule has 0 aromatic heterocycles. The molecule has 0 atom stereocenters. The molecule has 0 heterocycles. The van der Waals surface area contributed by atoms with Gasteiger partial charge in [0, 0.05) is 25.3 Å². The number of rotatable bonds is 9. The van der Waals surface area contributed by atoms with E-state index in [-0.39, 0.29) is 0 Å². The van der Waals surface area contributed by atoms with E-state index in [1.165, 1.54) is 0 Å². The summed E-state index contributed by atoms with van der Waals surface area (Å²) in [5.41, 5.74) is 1.14. The summed E-state index contributed by atoms with van der Waals surface area (Å²) in [6, 6.07) is 5.91. The highest BCUT2D eigenvalue weighted by atomic mass is 16.5. The molecule has 0 aliphatic carbocycles. The first-order chi connectivity index (χ1) is 9.17. The van der Waals surface area contributed by atoms with Gasteiger partial charge in [-0.1, -0.05) is 19.9 Å². The Morgan fingerprint density at radius 2 is 1.95 bits per heavy atom. The number of nitrogens with one attached hydrogen (secondary N) is 1. The number of methoxy groups -OCH3 is 2. The smallest absolute Gasteiger partial charge is 0.127 e. The van der Waals surface area contributed by atoms with E-state index < -0.39 is 0 Å². The van der Waals surface area contributed by atoms with Gasteiger partial charge in [-0.05, 0) is 18.5 Å². The van der Waals surface area contributed by atoms with Gasteiger partial charge in [-0.15, -0.1) is 0 Å². The lowest BCUT2D eigenvalue weighted by molar-refractivity contribution is 0.145. The lowest BCUT2D eigenvalue weighted by Crippen LogP contribution is -2.19. The number of hydrogen-bond acceptors (Lipinski definition) is 4. The molecule has 19 heavy (non-hydrogen) atoms. The van der Waals surface area contributed by atoms with Crippen molar-refractivity contribution in [1.82, 2.24) is 5.32 Å². The number of ether oxygens (including phenoxy) is 3. The van der Waals surface area contributed by atoms with Gasteiger partial charge in [0.25, 0.3) is 0 Å². The van der Waals surface area contributed by atoms with Crippen LogP contribution in [0.2, 0.25) is 0 Å². The van der Waals surface area contributed by atoms with Crippen LogP contribution in [0.5, 0.6) is 11.5 Å². The minimum absolute atomic E-state index is 0.543. The molecule has 1 rings (SSSR count). The second-order valence-corrected chi connectivity index (χ2v) is 4.84. The van der Waals surface area contributed by atoms with Gasteiger partial charge in [0.05, 0.1) is 13.7 Å². The topological polar surface area (TPSA) is 39.7 Å². The highest BCUT2D eigenvalue weighted by Crippen LogP contribution is 2.24. The van der Waals surface area contributed by atoms with Gasteiger partial charge in [0.15, 0.2) is 0 Å². The van der Waals surface area contributed by atoms with Crippen LogP contribution in [0.4, 0.5) is 0 Å². The van der Waals surface area contributed by atoms with Crippen LogP contribution in [0.25, 0.3) is 0 Å². The summed E-state index contributed by atoms with van der Waals surface area (Å²) in [5.74, 6) is 2.30. The summed E-state index contributed by atoms with van der Waals surface area (Å²) < 4.78 is 16.0. The molecular formula is C15H25NO3. The fraction of sp³-hybridized carbons (Fsp3) is 0.600. The molecule has 1 aromatic rings. The summed E-state index contributed by atoms with van der Waals surface area (Å²) >= 11 is 0. The van der Waals surface area contributed by atoms with Gasteiger partial charge in [-0.2, -0.15) is 0 Å². The SMILES string of the molecule is COCCOc1cc(OC)ccc1CNCC(C)C. The van der Waals surface area contributed by atoms with Crippen LogP contribution in [-0.4, -0.2) is 34.0 Å². The highest BCUT2D eigenvalue weighted by molar-refractivity contribution is 5.40. The van der Waals surface area contributed by atoms with E-state index in [0.717, 1.165) is 30.2 Å². The lowest BCUT2D eigenvalue weighted by atomic mass is 10.1. The zero-order valence-corrected chi connectivity index (χ0v) is 12.4. The summed E-state index contributed by atoms with van der Waals surface area (Å²) in [5, 5.41) is 3.42. The van der Waals surface area contributed by atoms with Crippen molar-refractivity contribution < 1.29 is 14.2 Å². The van der Waals surface area contributed by atoms with Crippen molar-refractivity contribution in [3.05, 3.63) is 23.8 Å². The molecule has 0 saturated heterocycles. The number of benzene rings is 1. The highest BCUT2D eigenvalue weighted by Gasteiger charge is 2.06. The molecule has 4 nitrogen and oxygen atoms in total. The standard InChI is InChI=1S/C15H25NO3/c1-12(2)10-16-11-13-5-6-14(18-4)9-15(13)19-8-7-17-3/h5-6,9,12,16H,7-8,10-11H2,1-4H3. The Balaban J connectivity index is 2.65. The van der Waals surface area contributed by atoms with Gasteiger partial charge in [0.2, 0.25) is 0 Å². The second-order valence-electron chi connectivity index (χ2n) is 4.84. The van der Waals surface area contributed by atoms with Crippen molar-refractivity contribution in [3.8, 4) is 11.5 Å². The normalized spacial score (nSPS) is 10.8. The molecule has 108 valence electrons. The third-order valence-corrected chi connectivity index (χ3v) is 2.69.